The molecule has 0 fully saturated rings. The van der Waals surface area contributed by atoms with Gasteiger partial charge in [0.2, 0.25) is 0 Å². The number of benzene rings is 8. The van der Waals surface area contributed by atoms with Gasteiger partial charge >= 0.3 is 0 Å². The summed E-state index contributed by atoms with van der Waals surface area (Å²) in [5.41, 5.74) is 13.0. The summed E-state index contributed by atoms with van der Waals surface area (Å²) in [7, 11) is 0. The van der Waals surface area contributed by atoms with Crippen molar-refractivity contribution in [2.24, 2.45) is 0 Å². The van der Waals surface area contributed by atoms with E-state index in [1.54, 1.807) is 0 Å². The van der Waals surface area contributed by atoms with Crippen molar-refractivity contribution < 1.29 is 0 Å². The lowest BCUT2D eigenvalue weighted by Crippen LogP contribution is -2.00. The second-order valence-corrected chi connectivity index (χ2v) is 13.7. The van der Waals surface area contributed by atoms with Crippen molar-refractivity contribution in [3.63, 3.8) is 0 Å². The van der Waals surface area contributed by atoms with Crippen LogP contribution < -0.4 is 0 Å². The van der Waals surface area contributed by atoms with Crippen LogP contribution in [0.5, 0.6) is 0 Å². The highest BCUT2D eigenvalue weighted by Crippen LogP contribution is 2.36. The first-order valence-electron chi connectivity index (χ1n) is 18.5. The Morgan fingerprint density at radius 2 is 0.636 bits per heavy atom. The fraction of sp³-hybridized carbons (Fsp3) is 0. The van der Waals surface area contributed by atoms with E-state index < -0.39 is 0 Å². The van der Waals surface area contributed by atoms with Gasteiger partial charge in [-0.1, -0.05) is 158 Å². The first kappa shape index (κ1) is 32.2. The summed E-state index contributed by atoms with van der Waals surface area (Å²) < 4.78 is 2.35. The van der Waals surface area contributed by atoms with Gasteiger partial charge in [0, 0.05) is 33.2 Å². The monoisotopic (exact) mass is 702 g/mol. The van der Waals surface area contributed by atoms with Crippen LogP contribution in [0.25, 0.3) is 95.0 Å². The molecule has 0 bridgehead atoms. The lowest BCUT2D eigenvalue weighted by Gasteiger charge is -2.11. The maximum Gasteiger partial charge on any atom is 0.164 e. The number of nitrogens with zero attached hydrogens (tertiary/aromatic N) is 4. The third-order valence-corrected chi connectivity index (χ3v) is 10.2. The van der Waals surface area contributed by atoms with Crippen molar-refractivity contribution in [2.45, 2.75) is 0 Å². The van der Waals surface area contributed by atoms with Crippen LogP contribution in [0, 0.1) is 0 Å². The number of para-hydroxylation sites is 2. The normalized spacial score (nSPS) is 11.3. The summed E-state index contributed by atoms with van der Waals surface area (Å²) >= 11 is 0. The number of hydrogen-bond donors (Lipinski definition) is 0. The fourth-order valence-electron chi connectivity index (χ4n) is 7.55. The molecule has 0 saturated carbocycles. The van der Waals surface area contributed by atoms with Crippen LogP contribution >= 0.6 is 0 Å². The zero-order valence-electron chi connectivity index (χ0n) is 29.9. The summed E-state index contributed by atoms with van der Waals surface area (Å²) in [5, 5.41) is 2.44. The van der Waals surface area contributed by atoms with Crippen molar-refractivity contribution in [1.82, 2.24) is 19.5 Å². The molecule has 4 nitrogen and oxygen atoms in total. The van der Waals surface area contributed by atoms with Crippen LogP contribution in [0.1, 0.15) is 0 Å². The Hall–Kier alpha value is -7.43. The Morgan fingerprint density at radius 3 is 1.16 bits per heavy atom. The summed E-state index contributed by atoms with van der Waals surface area (Å²) in [6, 6.07) is 72.2. The Kier molecular flexibility index (Phi) is 8.12. The van der Waals surface area contributed by atoms with Crippen LogP contribution in [-0.2, 0) is 0 Å². The molecule has 0 radical (unpaired) electrons. The minimum atomic E-state index is 0.624. The van der Waals surface area contributed by atoms with Gasteiger partial charge in [-0.2, -0.15) is 0 Å². The maximum atomic E-state index is 5.15. The average Bonchev–Trinajstić information content (AvgIpc) is 3.61. The molecule has 0 aliphatic rings. The second kappa shape index (κ2) is 13.8. The Labute approximate surface area is 319 Å². The van der Waals surface area contributed by atoms with Crippen LogP contribution in [0.3, 0.4) is 0 Å². The third kappa shape index (κ3) is 6.16. The molecule has 0 saturated heterocycles. The predicted octanol–water partition coefficient (Wildman–Crippen LogP) is 13.0. The van der Waals surface area contributed by atoms with E-state index >= 15 is 0 Å². The van der Waals surface area contributed by atoms with Gasteiger partial charge in [0.1, 0.15) is 0 Å². The molecule has 4 heteroatoms. The fourth-order valence-corrected chi connectivity index (χ4v) is 7.55. The van der Waals surface area contributed by atoms with Gasteiger partial charge in [0.15, 0.2) is 17.5 Å². The lowest BCUT2D eigenvalue weighted by molar-refractivity contribution is 1.07. The molecule has 8 aromatic carbocycles. The van der Waals surface area contributed by atoms with E-state index in [0.717, 1.165) is 55.8 Å². The minimum Gasteiger partial charge on any atom is -0.309 e. The highest BCUT2D eigenvalue weighted by Gasteiger charge is 2.16. The van der Waals surface area contributed by atoms with Gasteiger partial charge in [0.25, 0.3) is 0 Å². The smallest absolute Gasteiger partial charge is 0.164 e. The molecule has 0 unspecified atom stereocenters. The Morgan fingerprint density at radius 1 is 0.255 bits per heavy atom. The van der Waals surface area contributed by atoms with E-state index in [-0.39, 0.29) is 0 Å². The zero-order valence-corrected chi connectivity index (χ0v) is 29.9. The molecule has 2 heterocycles. The van der Waals surface area contributed by atoms with Gasteiger partial charge in [-0.3, -0.25) is 0 Å². The van der Waals surface area contributed by atoms with Gasteiger partial charge < -0.3 is 4.57 Å². The first-order chi connectivity index (χ1) is 27.2. The quantitative estimate of drug-likeness (QED) is 0.166. The summed E-state index contributed by atoms with van der Waals surface area (Å²) in [6.07, 6.45) is 0. The molecule has 258 valence electrons. The SMILES string of the molecule is c1ccc(-c2cccc(-c3nc(-c4cccc(-c5ccccc5)c4)nc(-c4cccc(-c5ccc6c(c5)c5ccccc5n6-c5ccccc5)c4)n3)c2)cc1. The largest absolute Gasteiger partial charge is 0.309 e. The van der Waals surface area contributed by atoms with E-state index in [4.69, 9.17) is 15.0 Å². The lowest BCUT2D eigenvalue weighted by atomic mass is 10.00. The van der Waals surface area contributed by atoms with Gasteiger partial charge in [-0.25, -0.2) is 15.0 Å². The third-order valence-electron chi connectivity index (χ3n) is 10.2. The molecule has 0 aliphatic heterocycles. The molecule has 0 atom stereocenters. The van der Waals surface area contributed by atoms with E-state index in [2.05, 4.69) is 199 Å². The van der Waals surface area contributed by atoms with Crippen LogP contribution in [-0.4, -0.2) is 19.5 Å². The standard InChI is InChI=1S/C51H34N4/c1-4-15-35(16-5-1)37-19-12-22-41(31-37)49-52-50(42-23-13-20-38(32-42)36-17-6-2-7-18-36)54-51(53-49)43-24-14-21-39(33-43)40-29-30-48-46(34-40)45-27-10-11-28-47(45)55(48)44-25-8-3-9-26-44/h1-34H. The number of rotatable bonds is 7. The van der Waals surface area contributed by atoms with Gasteiger partial charge in [0.05, 0.1) is 11.0 Å². The predicted molar refractivity (Wildman–Crippen MR) is 227 cm³/mol. The molecular formula is C51H34N4. The van der Waals surface area contributed by atoms with Crippen LogP contribution in [0.4, 0.5) is 0 Å². The van der Waals surface area contributed by atoms with E-state index in [1.165, 1.54) is 21.8 Å². The number of hydrogen-bond acceptors (Lipinski definition) is 3. The Balaban J connectivity index is 1.11. The van der Waals surface area contributed by atoms with Crippen LogP contribution in [0.2, 0.25) is 0 Å². The number of aromatic nitrogens is 4. The molecule has 0 amide bonds. The molecule has 10 rings (SSSR count). The van der Waals surface area contributed by atoms with Crippen molar-refractivity contribution in [3.05, 3.63) is 206 Å². The van der Waals surface area contributed by atoms with E-state index in [0.29, 0.717) is 17.5 Å². The van der Waals surface area contributed by atoms with Gasteiger partial charge in [-0.15, -0.1) is 0 Å². The van der Waals surface area contributed by atoms with E-state index in [1.807, 2.05) is 12.1 Å². The molecule has 0 aliphatic carbocycles. The summed E-state index contributed by atoms with van der Waals surface area (Å²) in [6.45, 7) is 0. The van der Waals surface area contributed by atoms with Crippen molar-refractivity contribution >= 4 is 21.8 Å². The number of fused-ring (bicyclic) bond motifs is 3. The molecule has 2 aromatic heterocycles. The molecule has 0 N–H and O–H groups in total. The average molecular weight is 703 g/mol. The first-order valence-corrected chi connectivity index (χ1v) is 18.5. The van der Waals surface area contributed by atoms with Crippen molar-refractivity contribution in [2.75, 3.05) is 0 Å². The molecule has 0 spiro atoms. The zero-order chi connectivity index (χ0) is 36.6. The van der Waals surface area contributed by atoms with E-state index in [9.17, 15) is 0 Å². The topological polar surface area (TPSA) is 43.6 Å². The highest BCUT2D eigenvalue weighted by molar-refractivity contribution is 6.10. The maximum absolute atomic E-state index is 5.15. The highest BCUT2D eigenvalue weighted by atomic mass is 15.0. The molecule has 10 aromatic rings. The van der Waals surface area contributed by atoms with Crippen molar-refractivity contribution in [1.29, 1.82) is 0 Å². The molecular weight excluding hydrogens is 669 g/mol. The van der Waals surface area contributed by atoms with Crippen LogP contribution in [0.15, 0.2) is 206 Å². The minimum absolute atomic E-state index is 0.624. The van der Waals surface area contributed by atoms with Crippen molar-refractivity contribution in [3.8, 4) is 73.2 Å². The molecule has 55 heavy (non-hydrogen) atoms. The summed E-state index contributed by atoms with van der Waals surface area (Å²) in [4.78, 5) is 15.4. The summed E-state index contributed by atoms with van der Waals surface area (Å²) in [5.74, 6) is 1.88. The Bertz CT molecular complexity index is 2870. The van der Waals surface area contributed by atoms with Gasteiger partial charge in [-0.05, 0) is 81.9 Å². The second-order valence-electron chi connectivity index (χ2n) is 13.7.